The van der Waals surface area contributed by atoms with E-state index in [1.165, 1.54) is 0 Å². The predicted octanol–water partition coefficient (Wildman–Crippen LogP) is 4.42. The first-order valence-electron chi connectivity index (χ1n) is 11.0. The molecule has 1 atom stereocenters. The van der Waals surface area contributed by atoms with Crippen molar-refractivity contribution in [3.8, 4) is 11.4 Å². The molecule has 2 N–H and O–H groups in total. The van der Waals surface area contributed by atoms with E-state index in [1.54, 1.807) is 12.4 Å². The molecule has 7 nitrogen and oxygen atoms in total. The average molecular weight is 453 g/mol. The second-order valence-electron chi connectivity index (χ2n) is 8.76. The van der Waals surface area contributed by atoms with E-state index in [4.69, 9.17) is 17.0 Å². The summed E-state index contributed by atoms with van der Waals surface area (Å²) in [5, 5.41) is 8.88. The van der Waals surface area contributed by atoms with Crippen LogP contribution in [0.3, 0.4) is 0 Å². The number of ketones is 1. The predicted molar refractivity (Wildman–Crippen MR) is 130 cm³/mol. The molecule has 1 fully saturated rings. The van der Waals surface area contributed by atoms with Gasteiger partial charge in [0.05, 0.1) is 22.4 Å². The van der Waals surface area contributed by atoms with Gasteiger partial charge in [-0.25, -0.2) is 4.98 Å². The second-order valence-corrected chi connectivity index (χ2v) is 9.17. The maximum absolute atomic E-state index is 12.8. The fourth-order valence-electron chi connectivity index (χ4n) is 4.10. The maximum atomic E-state index is 12.8. The van der Waals surface area contributed by atoms with Crippen molar-refractivity contribution in [3.63, 3.8) is 0 Å². The first-order valence-corrected chi connectivity index (χ1v) is 11.3. The largest absolute Gasteiger partial charge is 0.371 e. The van der Waals surface area contributed by atoms with Crippen LogP contribution in [-0.4, -0.2) is 64.6 Å². The number of imidazole rings is 1. The Hall–Kier alpha value is -2.77. The Morgan fingerprint density at radius 1 is 1.31 bits per heavy atom. The molecule has 1 aliphatic rings. The van der Waals surface area contributed by atoms with Gasteiger partial charge in [-0.2, -0.15) is 0 Å². The zero-order chi connectivity index (χ0) is 22.8. The molecule has 4 rings (SSSR count). The minimum atomic E-state index is -0.0669. The Morgan fingerprint density at radius 3 is 2.75 bits per heavy atom. The molecule has 1 saturated heterocycles. The van der Waals surface area contributed by atoms with Gasteiger partial charge in [-0.05, 0) is 58.1 Å². The lowest BCUT2D eigenvalue weighted by Crippen LogP contribution is -2.39. The molecule has 0 bridgehead atoms. The van der Waals surface area contributed by atoms with E-state index in [9.17, 15) is 4.79 Å². The number of hydrogen-bond acceptors (Lipinski definition) is 6. The van der Waals surface area contributed by atoms with Crippen LogP contribution in [0, 0.1) is 11.3 Å². The standard InChI is InChI=1S/C24H29ClN6O/c1-15(30(2)3)12-20(26)23(32)16-7-10-31(11-8-16)17-4-5-19(25)18(13-17)24-28-21-6-9-27-14-22(21)29-24/h4-6,9,13-16,26H,7-8,10-12H2,1-3H3,(H,28,29). The second kappa shape index (κ2) is 9.38. The molecule has 1 aromatic carbocycles. The Balaban J connectivity index is 1.44. The van der Waals surface area contributed by atoms with Crippen molar-refractivity contribution >= 4 is 39.8 Å². The summed E-state index contributed by atoms with van der Waals surface area (Å²) < 4.78 is 0. The summed E-state index contributed by atoms with van der Waals surface area (Å²) >= 11 is 6.49. The number of piperidine rings is 1. The zero-order valence-corrected chi connectivity index (χ0v) is 19.5. The van der Waals surface area contributed by atoms with Gasteiger partial charge in [0.25, 0.3) is 0 Å². The number of pyridine rings is 1. The number of benzene rings is 1. The number of halogens is 1. The smallest absolute Gasteiger partial charge is 0.179 e. The number of nitrogens with one attached hydrogen (secondary N) is 2. The summed E-state index contributed by atoms with van der Waals surface area (Å²) in [6, 6.07) is 8.04. The lowest BCUT2D eigenvalue weighted by atomic mass is 9.88. The van der Waals surface area contributed by atoms with E-state index in [0.29, 0.717) is 17.3 Å². The number of anilines is 1. The molecular formula is C24H29ClN6O. The van der Waals surface area contributed by atoms with Gasteiger partial charge >= 0.3 is 0 Å². The van der Waals surface area contributed by atoms with Crippen LogP contribution in [0.25, 0.3) is 22.4 Å². The topological polar surface area (TPSA) is 89.0 Å². The van der Waals surface area contributed by atoms with Gasteiger partial charge in [-0.3, -0.25) is 9.78 Å². The number of H-pyrrole nitrogens is 1. The van der Waals surface area contributed by atoms with Crippen molar-refractivity contribution in [1.29, 1.82) is 5.41 Å². The zero-order valence-electron chi connectivity index (χ0n) is 18.7. The Kier molecular flexibility index (Phi) is 6.58. The van der Waals surface area contributed by atoms with Crippen molar-refractivity contribution in [2.75, 3.05) is 32.1 Å². The van der Waals surface area contributed by atoms with Gasteiger partial charge in [-0.1, -0.05) is 11.6 Å². The highest BCUT2D eigenvalue weighted by Gasteiger charge is 2.28. The van der Waals surface area contributed by atoms with Crippen LogP contribution in [0.15, 0.2) is 36.7 Å². The minimum absolute atomic E-state index is 0.00558. The van der Waals surface area contributed by atoms with Crippen LogP contribution in [0.2, 0.25) is 5.02 Å². The number of aromatic amines is 1. The first-order chi connectivity index (χ1) is 15.3. The van der Waals surface area contributed by atoms with E-state index in [-0.39, 0.29) is 23.5 Å². The molecule has 32 heavy (non-hydrogen) atoms. The lowest BCUT2D eigenvalue weighted by Gasteiger charge is -2.33. The van der Waals surface area contributed by atoms with E-state index in [2.05, 4.69) is 25.9 Å². The summed E-state index contributed by atoms with van der Waals surface area (Å²) in [5.41, 5.74) is 3.87. The molecule has 2 aromatic heterocycles. The van der Waals surface area contributed by atoms with Crippen LogP contribution in [0.5, 0.6) is 0 Å². The highest BCUT2D eigenvalue weighted by atomic mass is 35.5. The summed E-state index contributed by atoms with van der Waals surface area (Å²) in [4.78, 5) is 29.2. The molecule has 3 heterocycles. The molecule has 0 saturated carbocycles. The number of rotatable bonds is 7. The molecule has 3 aromatic rings. The quantitative estimate of drug-likeness (QED) is 0.518. The van der Waals surface area contributed by atoms with Gasteiger partial charge < -0.3 is 20.2 Å². The Morgan fingerprint density at radius 2 is 2.06 bits per heavy atom. The molecule has 0 spiro atoms. The van der Waals surface area contributed by atoms with E-state index >= 15 is 0 Å². The first kappa shape index (κ1) is 22.4. The van der Waals surface area contributed by atoms with E-state index in [1.807, 2.05) is 44.1 Å². The van der Waals surface area contributed by atoms with Crippen molar-refractivity contribution in [3.05, 3.63) is 41.7 Å². The van der Waals surface area contributed by atoms with Crippen molar-refractivity contribution < 1.29 is 4.79 Å². The van der Waals surface area contributed by atoms with Crippen LogP contribution >= 0.6 is 11.6 Å². The molecule has 1 unspecified atom stereocenters. The molecule has 1 aliphatic heterocycles. The summed E-state index contributed by atoms with van der Waals surface area (Å²) in [6.07, 6.45) is 5.47. The monoisotopic (exact) mass is 452 g/mol. The van der Waals surface area contributed by atoms with E-state index in [0.717, 1.165) is 48.2 Å². The van der Waals surface area contributed by atoms with Crippen LogP contribution in [0.1, 0.15) is 26.2 Å². The number of Topliss-reactive ketones (excluding diaryl/α,β-unsaturated/α-hetero) is 1. The average Bonchev–Trinajstić information content (AvgIpc) is 3.23. The third-order valence-electron chi connectivity index (χ3n) is 6.40. The summed E-state index contributed by atoms with van der Waals surface area (Å²) in [6.45, 7) is 3.59. The van der Waals surface area contributed by atoms with Gasteiger partial charge in [-0.15, -0.1) is 0 Å². The third kappa shape index (κ3) is 4.69. The van der Waals surface area contributed by atoms with E-state index < -0.39 is 0 Å². The highest BCUT2D eigenvalue weighted by molar-refractivity contribution is 6.39. The van der Waals surface area contributed by atoms with Crippen molar-refractivity contribution in [1.82, 2.24) is 19.9 Å². The minimum Gasteiger partial charge on any atom is -0.371 e. The molecule has 0 aliphatic carbocycles. The van der Waals surface area contributed by atoms with Crippen LogP contribution in [0.4, 0.5) is 5.69 Å². The van der Waals surface area contributed by atoms with Crippen molar-refractivity contribution in [2.45, 2.75) is 32.2 Å². The fourth-order valence-corrected chi connectivity index (χ4v) is 4.31. The molecule has 0 radical (unpaired) electrons. The number of carbonyl (C=O) groups is 1. The summed E-state index contributed by atoms with van der Waals surface area (Å²) in [7, 11) is 3.95. The molecular weight excluding hydrogens is 424 g/mol. The van der Waals surface area contributed by atoms with Gasteiger partial charge in [0.2, 0.25) is 0 Å². The van der Waals surface area contributed by atoms with Gasteiger partial charge in [0, 0.05) is 48.9 Å². The van der Waals surface area contributed by atoms with Crippen LogP contribution in [-0.2, 0) is 4.79 Å². The van der Waals surface area contributed by atoms with Gasteiger partial charge in [0.15, 0.2) is 5.78 Å². The SMILES string of the molecule is CC(CC(=N)C(=O)C1CCN(c2ccc(Cl)c(-c3nc4cnccc4[nH]3)c2)CC1)N(C)C. The number of carbonyl (C=O) groups excluding carboxylic acids is 1. The fraction of sp³-hybridized carbons (Fsp3) is 0.417. The van der Waals surface area contributed by atoms with Gasteiger partial charge in [0.1, 0.15) is 11.3 Å². The normalized spacial score (nSPS) is 16.0. The Bertz CT molecular complexity index is 1100. The third-order valence-corrected chi connectivity index (χ3v) is 6.73. The number of fused-ring (bicyclic) bond motifs is 1. The molecule has 0 amide bonds. The lowest BCUT2D eigenvalue weighted by molar-refractivity contribution is -0.117. The molecule has 168 valence electrons. The summed E-state index contributed by atoms with van der Waals surface area (Å²) in [5.74, 6) is 0.655. The molecule has 8 heteroatoms. The maximum Gasteiger partial charge on any atom is 0.179 e. The van der Waals surface area contributed by atoms with Crippen molar-refractivity contribution in [2.24, 2.45) is 5.92 Å². The van der Waals surface area contributed by atoms with Crippen LogP contribution < -0.4 is 4.90 Å². The number of aromatic nitrogens is 3. The highest BCUT2D eigenvalue weighted by Crippen LogP contribution is 2.33. The number of hydrogen-bond donors (Lipinski definition) is 2. The number of nitrogens with zero attached hydrogens (tertiary/aromatic N) is 4. The Labute approximate surface area is 193 Å².